The molecule has 1 aromatic heterocycles. The Balaban J connectivity index is 1.75. The lowest BCUT2D eigenvalue weighted by atomic mass is 9.87. The predicted molar refractivity (Wildman–Crippen MR) is 91.2 cm³/mol. The molecule has 130 valence electrons. The van der Waals surface area contributed by atoms with Gasteiger partial charge in [-0.3, -0.25) is 9.59 Å². The lowest BCUT2D eigenvalue weighted by Gasteiger charge is -2.36. The quantitative estimate of drug-likeness (QED) is 0.485. The maximum absolute atomic E-state index is 11.7. The maximum atomic E-state index is 11.7. The zero-order valence-corrected chi connectivity index (χ0v) is 13.8. The molecule has 1 aliphatic rings. The summed E-state index contributed by atoms with van der Waals surface area (Å²) in [6.07, 6.45) is 6.22. The number of carbonyl (C=O) groups is 2. The maximum Gasteiger partial charge on any atom is 0.254 e. The highest BCUT2D eigenvalue weighted by molar-refractivity contribution is 5.96. The van der Waals surface area contributed by atoms with Crippen LogP contribution < -0.4 is 22.1 Å². The summed E-state index contributed by atoms with van der Waals surface area (Å²) in [6.45, 7) is 0.725. The molecule has 1 fully saturated rings. The summed E-state index contributed by atoms with van der Waals surface area (Å²) in [7, 11) is 3.88. The van der Waals surface area contributed by atoms with Crippen molar-refractivity contribution in [2.75, 3.05) is 31.7 Å². The summed E-state index contributed by atoms with van der Waals surface area (Å²) >= 11 is 0. The van der Waals surface area contributed by atoms with E-state index in [0.29, 0.717) is 5.95 Å². The molecule has 9 heteroatoms. The number of anilines is 2. The largest absolute Gasteiger partial charge is 0.383 e. The number of rotatable bonds is 7. The highest BCUT2D eigenvalue weighted by atomic mass is 16.1. The number of nitrogens with one attached hydrogen (secondary N) is 2. The van der Waals surface area contributed by atoms with Crippen molar-refractivity contribution < 1.29 is 9.59 Å². The van der Waals surface area contributed by atoms with Gasteiger partial charge in [-0.2, -0.15) is 4.98 Å². The van der Waals surface area contributed by atoms with Gasteiger partial charge in [0.1, 0.15) is 5.82 Å². The number of hydrogen-bond donors (Lipinski definition) is 4. The van der Waals surface area contributed by atoms with Gasteiger partial charge in [0.15, 0.2) is 0 Å². The van der Waals surface area contributed by atoms with Crippen LogP contribution in [0, 0.1) is 0 Å². The van der Waals surface area contributed by atoms with Crippen molar-refractivity contribution in [3.8, 4) is 0 Å². The van der Waals surface area contributed by atoms with Crippen LogP contribution in [0.1, 0.15) is 23.2 Å². The fraction of sp³-hybridized carbons (Fsp3) is 0.467. The van der Waals surface area contributed by atoms with Gasteiger partial charge < -0.3 is 27.0 Å². The van der Waals surface area contributed by atoms with Crippen LogP contribution in [0.5, 0.6) is 0 Å². The van der Waals surface area contributed by atoms with Gasteiger partial charge >= 0.3 is 0 Å². The van der Waals surface area contributed by atoms with Crippen LogP contribution in [-0.4, -0.2) is 59.4 Å². The SMILES string of the molecule is CN(C)C/C=C/C(=O)NC1CC(Nc2ncc(C(N)=O)c(N)n2)C1. The van der Waals surface area contributed by atoms with E-state index in [-0.39, 0.29) is 29.4 Å². The third-order valence-electron chi connectivity index (χ3n) is 3.64. The Morgan fingerprint density at radius 1 is 1.38 bits per heavy atom. The molecule has 1 aliphatic carbocycles. The molecule has 0 aromatic carbocycles. The van der Waals surface area contributed by atoms with E-state index in [2.05, 4.69) is 20.6 Å². The first-order valence-corrected chi connectivity index (χ1v) is 7.65. The first-order chi connectivity index (χ1) is 11.3. The minimum Gasteiger partial charge on any atom is -0.383 e. The zero-order valence-electron chi connectivity index (χ0n) is 13.8. The Hall–Kier alpha value is -2.68. The minimum absolute atomic E-state index is 0.0511. The summed E-state index contributed by atoms with van der Waals surface area (Å²) in [5.74, 6) is -0.354. The van der Waals surface area contributed by atoms with Crippen molar-refractivity contribution in [2.45, 2.75) is 24.9 Å². The molecule has 0 atom stereocenters. The van der Waals surface area contributed by atoms with E-state index in [1.165, 1.54) is 6.20 Å². The molecule has 0 unspecified atom stereocenters. The molecule has 9 nitrogen and oxygen atoms in total. The van der Waals surface area contributed by atoms with Crippen LogP contribution in [0.2, 0.25) is 0 Å². The smallest absolute Gasteiger partial charge is 0.254 e. The molecule has 0 aliphatic heterocycles. The third-order valence-corrected chi connectivity index (χ3v) is 3.64. The summed E-state index contributed by atoms with van der Waals surface area (Å²) in [5.41, 5.74) is 10.9. The Kier molecular flexibility index (Phi) is 5.69. The number of nitrogens with zero attached hydrogens (tertiary/aromatic N) is 3. The average molecular weight is 333 g/mol. The third kappa shape index (κ3) is 4.92. The number of likely N-dealkylation sites (N-methyl/N-ethyl adjacent to an activating group) is 1. The normalized spacial score (nSPS) is 20.0. The van der Waals surface area contributed by atoms with Gasteiger partial charge in [-0.15, -0.1) is 0 Å². The first-order valence-electron chi connectivity index (χ1n) is 7.65. The number of aromatic nitrogens is 2. The molecule has 0 spiro atoms. The molecule has 1 heterocycles. The number of hydrogen-bond acceptors (Lipinski definition) is 7. The molecule has 0 bridgehead atoms. The number of nitrogen functional groups attached to an aromatic ring is 1. The van der Waals surface area contributed by atoms with E-state index in [4.69, 9.17) is 11.5 Å². The van der Waals surface area contributed by atoms with Gasteiger partial charge in [0, 0.05) is 30.9 Å². The Morgan fingerprint density at radius 3 is 2.67 bits per heavy atom. The molecule has 1 saturated carbocycles. The highest BCUT2D eigenvalue weighted by Crippen LogP contribution is 2.23. The molecule has 2 amide bonds. The van der Waals surface area contributed by atoms with E-state index >= 15 is 0 Å². The number of nitrogens with two attached hydrogens (primary N) is 2. The average Bonchev–Trinajstić information content (AvgIpc) is 2.44. The van der Waals surface area contributed by atoms with Crippen molar-refractivity contribution in [1.82, 2.24) is 20.2 Å². The van der Waals surface area contributed by atoms with Crippen LogP contribution in [-0.2, 0) is 4.79 Å². The van der Waals surface area contributed by atoms with Gasteiger partial charge in [-0.1, -0.05) is 6.08 Å². The van der Waals surface area contributed by atoms with Crippen LogP contribution in [0.15, 0.2) is 18.3 Å². The molecule has 24 heavy (non-hydrogen) atoms. The minimum atomic E-state index is -0.659. The van der Waals surface area contributed by atoms with E-state index < -0.39 is 5.91 Å². The van der Waals surface area contributed by atoms with Gasteiger partial charge in [-0.25, -0.2) is 4.98 Å². The molecular weight excluding hydrogens is 310 g/mol. The summed E-state index contributed by atoms with van der Waals surface area (Å²) < 4.78 is 0. The number of carbonyl (C=O) groups excluding carboxylic acids is 2. The molecule has 0 saturated heterocycles. The van der Waals surface area contributed by atoms with Crippen molar-refractivity contribution >= 4 is 23.6 Å². The summed E-state index contributed by atoms with van der Waals surface area (Å²) in [6, 6.07) is 0.279. The highest BCUT2D eigenvalue weighted by Gasteiger charge is 2.30. The fourth-order valence-electron chi connectivity index (χ4n) is 2.31. The van der Waals surface area contributed by atoms with E-state index in [1.54, 1.807) is 6.08 Å². The van der Waals surface area contributed by atoms with Crippen molar-refractivity contribution in [3.05, 3.63) is 23.9 Å². The van der Waals surface area contributed by atoms with Crippen molar-refractivity contribution in [2.24, 2.45) is 5.73 Å². The molecule has 0 radical (unpaired) electrons. The predicted octanol–water partition coefficient (Wildman–Crippen LogP) is -0.665. The van der Waals surface area contributed by atoms with Gasteiger partial charge in [0.2, 0.25) is 11.9 Å². The fourth-order valence-corrected chi connectivity index (χ4v) is 2.31. The van der Waals surface area contributed by atoms with Gasteiger partial charge in [0.25, 0.3) is 5.91 Å². The Bertz CT molecular complexity index is 639. The van der Waals surface area contributed by atoms with Crippen molar-refractivity contribution in [3.63, 3.8) is 0 Å². The van der Waals surface area contributed by atoms with Gasteiger partial charge in [0.05, 0.1) is 5.56 Å². The van der Waals surface area contributed by atoms with E-state index in [0.717, 1.165) is 19.4 Å². The molecule has 1 aromatic rings. The lowest BCUT2D eigenvalue weighted by Crippen LogP contribution is -2.49. The van der Waals surface area contributed by atoms with E-state index in [9.17, 15) is 9.59 Å². The number of primary amides is 1. The Morgan fingerprint density at radius 2 is 2.08 bits per heavy atom. The summed E-state index contributed by atoms with van der Waals surface area (Å²) in [5, 5.41) is 6.05. The van der Waals surface area contributed by atoms with E-state index in [1.807, 2.05) is 25.1 Å². The van der Waals surface area contributed by atoms with Crippen LogP contribution >= 0.6 is 0 Å². The van der Waals surface area contributed by atoms with Crippen molar-refractivity contribution in [1.29, 1.82) is 0 Å². The second kappa shape index (κ2) is 7.73. The van der Waals surface area contributed by atoms with Gasteiger partial charge in [-0.05, 0) is 26.9 Å². The van der Waals surface area contributed by atoms with Crippen LogP contribution in [0.3, 0.4) is 0 Å². The molecular formula is C15H23N7O2. The summed E-state index contributed by atoms with van der Waals surface area (Å²) in [4.78, 5) is 32.8. The zero-order chi connectivity index (χ0) is 17.7. The van der Waals surface area contributed by atoms with Crippen LogP contribution in [0.25, 0.3) is 0 Å². The monoisotopic (exact) mass is 333 g/mol. The topological polar surface area (TPSA) is 139 Å². The Labute approximate surface area is 140 Å². The second-order valence-electron chi connectivity index (χ2n) is 6.04. The molecule has 6 N–H and O–H groups in total. The number of amides is 2. The second-order valence-corrected chi connectivity index (χ2v) is 6.04. The van der Waals surface area contributed by atoms with Crippen LogP contribution in [0.4, 0.5) is 11.8 Å². The standard InChI is InChI=1S/C15H23N7O2/c1-22(2)5-3-4-12(23)19-9-6-10(7-9)20-15-18-8-11(14(17)24)13(16)21-15/h3-4,8-10H,5-7H2,1-2H3,(H2,17,24)(H,19,23)(H3,16,18,20,21)/b4-3+. The lowest BCUT2D eigenvalue weighted by molar-refractivity contribution is -0.117. The first kappa shape index (κ1) is 17.7. The molecule has 2 rings (SSSR count).